The standard InChI is InChI=1S/C15H14Br2N2O2/c16-11-7-10(8-12(17)15(11)20)2-4-19-5-6-21-14-1-3-18-9-13(14)19/h1,3,7-9,20H,2,4-6H2. The lowest BCUT2D eigenvalue weighted by Gasteiger charge is -2.30. The number of hydrogen-bond acceptors (Lipinski definition) is 4. The van der Waals surface area contributed by atoms with Gasteiger partial charge in [-0.05, 0) is 56.0 Å². The second kappa shape index (κ2) is 6.23. The molecule has 3 rings (SSSR count). The molecule has 1 N–H and O–H groups in total. The Labute approximate surface area is 140 Å². The third-order valence-electron chi connectivity index (χ3n) is 3.47. The number of fused-ring (bicyclic) bond motifs is 1. The van der Waals surface area contributed by atoms with Gasteiger partial charge in [0.2, 0.25) is 0 Å². The number of halogens is 2. The number of phenols is 1. The molecule has 2 aromatic rings. The molecule has 0 amide bonds. The van der Waals surface area contributed by atoms with Crippen LogP contribution in [-0.2, 0) is 6.42 Å². The van der Waals surface area contributed by atoms with Crippen molar-refractivity contribution in [3.8, 4) is 11.5 Å². The molecule has 0 radical (unpaired) electrons. The highest BCUT2D eigenvalue weighted by Gasteiger charge is 2.17. The number of ether oxygens (including phenoxy) is 1. The number of aromatic nitrogens is 1. The molecular formula is C15H14Br2N2O2. The summed E-state index contributed by atoms with van der Waals surface area (Å²) in [4.78, 5) is 6.45. The van der Waals surface area contributed by atoms with E-state index in [-0.39, 0.29) is 5.75 Å². The van der Waals surface area contributed by atoms with Crippen LogP contribution in [0.5, 0.6) is 11.5 Å². The predicted molar refractivity (Wildman–Crippen MR) is 89.2 cm³/mol. The number of rotatable bonds is 3. The van der Waals surface area contributed by atoms with Crippen LogP contribution >= 0.6 is 31.9 Å². The molecule has 0 saturated heterocycles. The Balaban J connectivity index is 1.74. The Kier molecular flexibility index (Phi) is 4.35. The van der Waals surface area contributed by atoms with Gasteiger partial charge in [-0.25, -0.2) is 0 Å². The first-order valence-corrected chi connectivity index (χ1v) is 8.22. The topological polar surface area (TPSA) is 45.6 Å². The minimum Gasteiger partial charge on any atom is -0.506 e. The predicted octanol–water partition coefficient (Wildman–Crippen LogP) is 3.75. The maximum Gasteiger partial charge on any atom is 0.145 e. The van der Waals surface area contributed by atoms with Crippen LogP contribution in [0, 0.1) is 0 Å². The van der Waals surface area contributed by atoms with Crippen molar-refractivity contribution in [2.75, 3.05) is 24.6 Å². The molecule has 0 saturated carbocycles. The summed E-state index contributed by atoms with van der Waals surface area (Å²) in [6, 6.07) is 5.80. The molecule has 1 aliphatic rings. The van der Waals surface area contributed by atoms with E-state index in [0.717, 1.165) is 36.5 Å². The number of phenolic OH excluding ortho intramolecular Hbond substituents is 1. The summed E-state index contributed by atoms with van der Waals surface area (Å²) in [7, 11) is 0. The normalized spacial score (nSPS) is 13.7. The highest BCUT2D eigenvalue weighted by molar-refractivity contribution is 9.11. The summed E-state index contributed by atoms with van der Waals surface area (Å²) in [5.41, 5.74) is 2.20. The molecule has 0 spiro atoms. The quantitative estimate of drug-likeness (QED) is 0.832. The van der Waals surface area contributed by atoms with Gasteiger partial charge >= 0.3 is 0 Å². The Morgan fingerprint density at radius 3 is 2.81 bits per heavy atom. The van der Waals surface area contributed by atoms with Crippen LogP contribution < -0.4 is 9.64 Å². The molecule has 1 aromatic carbocycles. The molecule has 0 unspecified atom stereocenters. The summed E-state index contributed by atoms with van der Waals surface area (Å²) in [6.45, 7) is 2.44. The van der Waals surface area contributed by atoms with E-state index in [4.69, 9.17) is 4.74 Å². The average molecular weight is 414 g/mol. The molecule has 6 heteroatoms. The fourth-order valence-electron chi connectivity index (χ4n) is 2.38. The van der Waals surface area contributed by atoms with Gasteiger partial charge in [-0.15, -0.1) is 0 Å². The lowest BCUT2D eigenvalue weighted by molar-refractivity contribution is 0.307. The number of aromatic hydroxyl groups is 1. The third-order valence-corrected chi connectivity index (χ3v) is 4.68. The summed E-state index contributed by atoms with van der Waals surface area (Å²) >= 11 is 6.73. The second-order valence-corrected chi connectivity index (χ2v) is 6.55. The van der Waals surface area contributed by atoms with Gasteiger partial charge in [0.25, 0.3) is 0 Å². The number of nitrogens with zero attached hydrogens (tertiary/aromatic N) is 2. The van der Waals surface area contributed by atoms with Crippen LogP contribution in [-0.4, -0.2) is 29.8 Å². The van der Waals surface area contributed by atoms with Crippen molar-refractivity contribution in [3.05, 3.63) is 45.1 Å². The molecule has 1 aliphatic heterocycles. The van der Waals surface area contributed by atoms with Gasteiger partial charge < -0.3 is 14.7 Å². The summed E-state index contributed by atoms with van der Waals surface area (Å²) in [6.07, 6.45) is 4.47. The first kappa shape index (κ1) is 14.7. The monoisotopic (exact) mass is 412 g/mol. The largest absolute Gasteiger partial charge is 0.506 e. The van der Waals surface area contributed by atoms with E-state index in [1.54, 1.807) is 6.20 Å². The Hall–Kier alpha value is -1.27. The minimum atomic E-state index is 0.236. The molecule has 1 aromatic heterocycles. The molecule has 4 nitrogen and oxygen atoms in total. The number of hydrogen-bond donors (Lipinski definition) is 1. The van der Waals surface area contributed by atoms with Crippen LogP contribution in [0.25, 0.3) is 0 Å². The van der Waals surface area contributed by atoms with Gasteiger partial charge in [-0.1, -0.05) is 0 Å². The van der Waals surface area contributed by atoms with Crippen molar-refractivity contribution in [1.29, 1.82) is 0 Å². The van der Waals surface area contributed by atoms with Crippen molar-refractivity contribution in [2.45, 2.75) is 6.42 Å². The number of benzene rings is 1. The van der Waals surface area contributed by atoms with Gasteiger partial charge in [0.05, 0.1) is 27.4 Å². The van der Waals surface area contributed by atoms with Crippen LogP contribution in [0.4, 0.5) is 5.69 Å². The van der Waals surface area contributed by atoms with E-state index in [0.29, 0.717) is 15.6 Å². The Morgan fingerprint density at radius 1 is 1.29 bits per heavy atom. The van der Waals surface area contributed by atoms with Crippen LogP contribution in [0.2, 0.25) is 0 Å². The minimum absolute atomic E-state index is 0.236. The van der Waals surface area contributed by atoms with E-state index >= 15 is 0 Å². The van der Waals surface area contributed by atoms with Gasteiger partial charge in [-0.2, -0.15) is 0 Å². The Morgan fingerprint density at radius 2 is 2.05 bits per heavy atom. The van der Waals surface area contributed by atoms with E-state index in [1.165, 1.54) is 0 Å². The van der Waals surface area contributed by atoms with E-state index in [9.17, 15) is 5.11 Å². The number of pyridine rings is 1. The van der Waals surface area contributed by atoms with Crippen LogP contribution in [0.3, 0.4) is 0 Å². The number of anilines is 1. The fraction of sp³-hybridized carbons (Fsp3) is 0.267. The lowest BCUT2D eigenvalue weighted by atomic mass is 10.1. The molecule has 0 atom stereocenters. The molecule has 0 fully saturated rings. The smallest absolute Gasteiger partial charge is 0.145 e. The van der Waals surface area contributed by atoms with E-state index in [1.807, 2.05) is 24.4 Å². The zero-order valence-electron chi connectivity index (χ0n) is 11.2. The Bertz CT molecular complexity index is 641. The molecule has 0 aliphatic carbocycles. The van der Waals surface area contributed by atoms with Crippen LogP contribution in [0.15, 0.2) is 39.5 Å². The van der Waals surface area contributed by atoms with Crippen LogP contribution in [0.1, 0.15) is 5.56 Å². The van der Waals surface area contributed by atoms with Gasteiger partial charge in [0.15, 0.2) is 0 Å². The maximum absolute atomic E-state index is 9.75. The third kappa shape index (κ3) is 3.16. The maximum atomic E-state index is 9.75. The van der Waals surface area contributed by atoms with E-state index < -0.39 is 0 Å². The van der Waals surface area contributed by atoms with Crippen molar-refractivity contribution in [1.82, 2.24) is 4.98 Å². The van der Waals surface area contributed by atoms with Gasteiger partial charge in [-0.3, -0.25) is 4.98 Å². The van der Waals surface area contributed by atoms with Crippen molar-refractivity contribution in [3.63, 3.8) is 0 Å². The molecule has 0 bridgehead atoms. The lowest BCUT2D eigenvalue weighted by Crippen LogP contribution is -2.34. The first-order chi connectivity index (χ1) is 10.1. The zero-order valence-corrected chi connectivity index (χ0v) is 14.4. The molecule has 21 heavy (non-hydrogen) atoms. The first-order valence-electron chi connectivity index (χ1n) is 6.64. The molecule has 2 heterocycles. The van der Waals surface area contributed by atoms with Crippen molar-refractivity contribution in [2.24, 2.45) is 0 Å². The van der Waals surface area contributed by atoms with Crippen molar-refractivity contribution >= 4 is 37.5 Å². The van der Waals surface area contributed by atoms with Crippen molar-refractivity contribution < 1.29 is 9.84 Å². The fourth-order valence-corrected chi connectivity index (χ4v) is 3.66. The average Bonchev–Trinajstić information content (AvgIpc) is 2.50. The molecular weight excluding hydrogens is 400 g/mol. The molecule has 110 valence electrons. The SMILES string of the molecule is Oc1c(Br)cc(CCN2CCOc3ccncc32)cc1Br. The van der Waals surface area contributed by atoms with E-state index in [2.05, 4.69) is 41.7 Å². The second-order valence-electron chi connectivity index (χ2n) is 4.84. The van der Waals surface area contributed by atoms with Gasteiger partial charge in [0.1, 0.15) is 18.1 Å². The highest BCUT2D eigenvalue weighted by Crippen LogP contribution is 2.34. The summed E-state index contributed by atoms with van der Waals surface area (Å²) < 4.78 is 7.04. The highest BCUT2D eigenvalue weighted by atomic mass is 79.9. The van der Waals surface area contributed by atoms with Gasteiger partial charge in [0, 0.05) is 18.8 Å². The zero-order chi connectivity index (χ0) is 14.8. The summed E-state index contributed by atoms with van der Waals surface area (Å²) in [5, 5.41) is 9.75. The summed E-state index contributed by atoms with van der Waals surface area (Å²) in [5.74, 6) is 1.13.